The van der Waals surface area contributed by atoms with Gasteiger partial charge in [-0.1, -0.05) is 36.9 Å². The van der Waals surface area contributed by atoms with Crippen LogP contribution < -0.4 is 86.0 Å². The number of piperidine rings is 1. The molecule has 42 nitrogen and oxygen atoms in total. The van der Waals surface area contributed by atoms with Gasteiger partial charge in [-0.05, 0) is 170 Å². The number of hydrogen-bond donors (Lipinski definition) is 15. The molecule has 1 saturated heterocycles. The van der Waals surface area contributed by atoms with Gasteiger partial charge < -0.3 is 97.9 Å². The van der Waals surface area contributed by atoms with Gasteiger partial charge in [-0.25, -0.2) is 33.7 Å². The van der Waals surface area contributed by atoms with Crippen LogP contribution in [0, 0.1) is 11.6 Å². The van der Waals surface area contributed by atoms with Gasteiger partial charge in [-0.3, -0.25) is 47.5 Å². The van der Waals surface area contributed by atoms with Crippen molar-refractivity contribution < 1.29 is 48.0 Å². The Hall–Kier alpha value is -15.1. The van der Waals surface area contributed by atoms with Crippen molar-refractivity contribution in [2.75, 3.05) is 98.0 Å². The van der Waals surface area contributed by atoms with E-state index in [1.165, 1.54) is 90.4 Å². The van der Waals surface area contributed by atoms with Crippen LogP contribution in [0.1, 0.15) is 150 Å². The average Bonchev–Trinajstić information content (AvgIpc) is 1.68. The number of aromatic nitrogens is 17. The second-order valence-electron chi connectivity index (χ2n) is 34.1. The van der Waals surface area contributed by atoms with E-state index in [9.17, 15) is 62.5 Å². The Morgan fingerprint density at radius 1 is 0.416 bits per heavy atom. The van der Waals surface area contributed by atoms with E-state index in [-0.39, 0.29) is 105 Å². The van der Waals surface area contributed by atoms with Crippen molar-refractivity contribution in [3.63, 3.8) is 0 Å². The highest BCUT2D eigenvalue weighted by molar-refractivity contribution is 6.30. The second-order valence-corrected chi connectivity index (χ2v) is 34.6. The van der Waals surface area contributed by atoms with Crippen molar-refractivity contribution in [2.45, 2.75) is 157 Å². The number of aliphatic hydroxyl groups excluding tert-OH is 3. The number of halogens is 3. The van der Waals surface area contributed by atoms with Crippen LogP contribution in [0.15, 0.2) is 178 Å². The van der Waals surface area contributed by atoms with Crippen molar-refractivity contribution in [1.82, 2.24) is 108 Å². The molecule has 1 aromatic carbocycles. The first-order chi connectivity index (χ1) is 66.3. The van der Waals surface area contributed by atoms with Gasteiger partial charge in [-0.15, -0.1) is 0 Å². The second kappa shape index (κ2) is 41.0. The third kappa shape index (κ3) is 20.2. The highest BCUT2D eigenvalue weighted by Crippen LogP contribution is 2.34. The summed E-state index contributed by atoms with van der Waals surface area (Å²) in [5.41, 5.74) is 2.92. The van der Waals surface area contributed by atoms with Gasteiger partial charge in [0.05, 0.1) is 90.3 Å². The van der Waals surface area contributed by atoms with E-state index in [1.54, 1.807) is 124 Å². The first-order valence-electron chi connectivity index (χ1n) is 45.1. The molecule has 5 saturated carbocycles. The molecule has 6 aliphatic rings. The monoisotopic (exact) mass is 1890 g/mol. The first-order valence-corrected chi connectivity index (χ1v) is 45.5. The van der Waals surface area contributed by atoms with E-state index in [0.717, 1.165) is 83.5 Å². The van der Waals surface area contributed by atoms with Gasteiger partial charge in [0.15, 0.2) is 22.6 Å². The molecule has 1 aliphatic heterocycles. The number of likely N-dealkylation sites (tertiary alicyclic amines) is 1. The Morgan fingerprint density at radius 2 is 0.818 bits per heavy atom. The smallest absolute Gasteiger partial charge is 0.279 e. The summed E-state index contributed by atoms with van der Waals surface area (Å²) in [7, 11) is 10.6. The van der Waals surface area contributed by atoms with Crippen LogP contribution in [0.5, 0.6) is 0 Å². The summed E-state index contributed by atoms with van der Waals surface area (Å²) in [4.78, 5) is 128. The molecule has 45 heteroatoms. The molecule has 15 N–H and O–H groups in total. The number of anilines is 12. The molecule has 137 heavy (non-hydrogen) atoms. The standard InChI is InChI=1S/C23H29ClN8O3.C23H23FN8O3.C23H22FN7O3.C23H29N7O3/c1-25-20-10-19(29-21-15(11-26-32(20)21)22(34)28-16-3-4-18(16)33)27-17-9-13(24)12-31(23(17)35)14-5-7-30(2)8-6-14;1-25-20-10-18(28-16-4-3-9-31(23(16)34)19-8-5-13(24)11-26-19)30-21-14(12-27-32(20)21)22(33)29-15-6-7-17(15)35-2;1-25-20-11-19(27-17-6-3-9-30(23(17)34)14-5-2-4-13(24)10-14)29-21-15(12-26-31(20)21)22(33)28-16-7-8-18(16)32;1-24-20-12-19(26-17-8-5-11-29(23(17)33)14-6-3-2-4-7-14)28-21-15(13-25-30(20)21)22(32)27-16-9-10-18(16)31/h9-12,14,16,18,25,33H,3-8H2,1-2H3,(H,27,29)(H,28,34);3-5,8-12,15,17,25H,6-7H2,1-2H3,(H,28,30)(H,29,33);2-6,9-12,16,18,25,32H,7-8H2,1H3,(H,27,29)(H,28,33);5,8,11-14,16,18,24,31H,2-4,6-7,9-10H2,1H3,(H,26,28)(H,27,32)/t16-,18-;15-,17-;2*16-,18-/m1011/s1. The van der Waals surface area contributed by atoms with E-state index in [1.807, 2.05) is 16.8 Å². The Kier molecular flexibility index (Phi) is 28.0. The number of nitrogens with one attached hydrogen (secondary N) is 12. The lowest BCUT2D eigenvalue weighted by Gasteiger charge is -2.35. The van der Waals surface area contributed by atoms with Crippen LogP contribution in [0.4, 0.5) is 78.1 Å². The Balaban J connectivity index is 0.000000127. The van der Waals surface area contributed by atoms with E-state index >= 15 is 0 Å². The predicted octanol–water partition coefficient (Wildman–Crippen LogP) is 8.45. The third-order valence-corrected chi connectivity index (χ3v) is 25.6. The molecular formula is C92H103ClF2N30O12. The van der Waals surface area contributed by atoms with E-state index < -0.39 is 47.0 Å². The molecule has 0 spiro atoms. The van der Waals surface area contributed by atoms with Gasteiger partial charge in [0, 0.05) is 96.4 Å². The molecule has 14 heterocycles. The van der Waals surface area contributed by atoms with Gasteiger partial charge in [0.1, 0.15) is 109 Å². The lowest BCUT2D eigenvalue weighted by molar-refractivity contribution is 0.00732. The van der Waals surface area contributed by atoms with E-state index in [0.29, 0.717) is 122 Å². The molecule has 0 bridgehead atoms. The van der Waals surface area contributed by atoms with Crippen LogP contribution in [-0.2, 0) is 4.74 Å². The molecule has 0 radical (unpaired) electrons. The number of benzene rings is 1. The van der Waals surface area contributed by atoms with Crippen molar-refractivity contribution in [2.24, 2.45) is 0 Å². The van der Waals surface area contributed by atoms with Gasteiger partial charge in [0.2, 0.25) is 0 Å². The molecule has 20 rings (SSSR count). The van der Waals surface area contributed by atoms with Crippen LogP contribution in [0.3, 0.4) is 0 Å². The van der Waals surface area contributed by atoms with Gasteiger partial charge >= 0.3 is 0 Å². The largest absolute Gasteiger partial charge is 0.391 e. The summed E-state index contributed by atoms with van der Waals surface area (Å²) in [5.74, 6) is 1.69. The number of rotatable bonds is 25. The fourth-order valence-corrected chi connectivity index (χ4v) is 17.2. The summed E-state index contributed by atoms with van der Waals surface area (Å²) < 4.78 is 44.5. The SMILES string of the molecule is CNc1cc(Nc2cc(Cl)cn(C3CCN(C)CC3)c2=O)nc2c(C(=O)N[C@@H]3CC[C@H]3O)cnn12.CNc1cc(Nc2cccn(-c3ccc(F)cn3)c2=O)nc2c(C(=O)N[C@H]3CC[C@@H]3OC)cnn12.CNc1cc(Nc2cccn(-c3cccc(F)c3)c2=O)nc2c(C(=O)N[C@@H]3CC[C@H]3O)cnn12.CNc1cc(Nc2cccn(C3CCCCC3)c2=O)nc2c(C(=O)N[C@@H]3CC[C@H]3O)cnn12. The number of carbonyl (C=O) groups excluding carboxylic acids is 4. The van der Waals surface area contributed by atoms with Crippen molar-refractivity contribution >= 4 is 127 Å². The summed E-state index contributed by atoms with van der Waals surface area (Å²) >= 11 is 6.39. The zero-order valence-electron chi connectivity index (χ0n) is 75.5. The maximum absolute atomic E-state index is 13.7. The Labute approximate surface area is 784 Å². The minimum absolute atomic E-state index is 0.00491. The molecule has 6 fully saturated rings. The first kappa shape index (κ1) is 93.7. The van der Waals surface area contributed by atoms with Crippen molar-refractivity contribution in [3.8, 4) is 11.5 Å². The molecule has 13 aromatic heterocycles. The van der Waals surface area contributed by atoms with Crippen LogP contribution in [0.2, 0.25) is 5.02 Å². The number of ether oxygens (including phenoxy) is 1. The topological polar surface area (TPSA) is 507 Å². The molecule has 14 aromatic rings. The van der Waals surface area contributed by atoms with Crippen LogP contribution in [-0.4, -0.2) is 230 Å². The summed E-state index contributed by atoms with van der Waals surface area (Å²) in [6, 6.07) is 26.3. The molecular weight excluding hydrogens is 1790 g/mol. The Bertz CT molecular complexity index is 7110. The van der Waals surface area contributed by atoms with Gasteiger partial charge in [-0.2, -0.15) is 38.5 Å². The molecule has 714 valence electrons. The highest BCUT2D eigenvalue weighted by atomic mass is 35.5. The number of carbonyl (C=O) groups is 4. The maximum Gasteiger partial charge on any atom is 0.279 e. The molecule has 4 amide bonds. The van der Waals surface area contributed by atoms with Crippen LogP contribution >= 0.6 is 11.6 Å². The number of hydrogen-bond acceptors (Lipinski definition) is 30. The van der Waals surface area contributed by atoms with Crippen molar-refractivity contribution in [3.05, 3.63) is 239 Å². The zero-order valence-corrected chi connectivity index (χ0v) is 76.3. The number of pyridine rings is 5. The normalized spacial score (nSPS) is 19.1. The Morgan fingerprint density at radius 3 is 1.21 bits per heavy atom. The fraction of sp³-hybridized carbons (Fsp3) is 0.359. The fourth-order valence-electron chi connectivity index (χ4n) is 17.0. The molecule has 8 atom stereocenters. The molecule has 5 aliphatic carbocycles. The lowest BCUT2D eigenvalue weighted by atomic mass is 9.89. The summed E-state index contributed by atoms with van der Waals surface area (Å²) in [6.07, 6.45) is 25.0. The highest BCUT2D eigenvalue weighted by Gasteiger charge is 2.37. The van der Waals surface area contributed by atoms with Crippen molar-refractivity contribution in [1.29, 1.82) is 0 Å². The minimum Gasteiger partial charge on any atom is -0.391 e. The predicted molar refractivity (Wildman–Crippen MR) is 510 cm³/mol. The number of fused-ring (bicyclic) bond motifs is 4. The lowest BCUT2D eigenvalue weighted by Crippen LogP contribution is -2.51. The maximum atomic E-state index is 13.7. The van der Waals surface area contributed by atoms with E-state index in [4.69, 9.17) is 16.3 Å². The third-order valence-electron chi connectivity index (χ3n) is 25.4. The van der Waals surface area contributed by atoms with Crippen LogP contribution in [0.25, 0.3) is 34.1 Å². The number of nitrogens with zero attached hydrogens (tertiary/aromatic N) is 18. The number of amides is 4. The van der Waals surface area contributed by atoms with E-state index in [2.05, 4.69) is 121 Å². The zero-order chi connectivity index (χ0) is 96.0. The average molecular weight is 1890 g/mol. The number of aliphatic hydroxyl groups is 3. The quantitative estimate of drug-likeness (QED) is 0.0255. The number of methoxy groups -OCH3 is 1. The summed E-state index contributed by atoms with van der Waals surface area (Å²) in [6.45, 7) is 1.83. The van der Waals surface area contributed by atoms with Gasteiger partial charge in [0.25, 0.3) is 45.9 Å². The molecule has 0 unspecified atom stereocenters. The minimum atomic E-state index is -0.554. The summed E-state index contributed by atoms with van der Waals surface area (Å²) in [5, 5.41) is 82.8.